The smallest absolute Gasteiger partial charge is 0.236 e. The number of nitrogens with one attached hydrogen (secondary N) is 1. The Morgan fingerprint density at radius 3 is 2.67 bits per heavy atom. The van der Waals surface area contributed by atoms with Gasteiger partial charge in [-0.05, 0) is 19.4 Å². The Balaban J connectivity index is 1.67. The Hall–Kier alpha value is -2.26. The molecule has 0 radical (unpaired) electrons. The lowest BCUT2D eigenvalue weighted by Gasteiger charge is -2.09. The zero-order valence-electron chi connectivity index (χ0n) is 15.8. The van der Waals surface area contributed by atoms with Gasteiger partial charge in [-0.1, -0.05) is 61.2 Å². The normalized spacial score (nSPS) is 11.1. The summed E-state index contributed by atoms with van der Waals surface area (Å²) >= 11 is 2.77. The van der Waals surface area contributed by atoms with E-state index in [1.807, 2.05) is 43.5 Å². The van der Waals surface area contributed by atoms with Crippen molar-refractivity contribution >= 4 is 34.1 Å². The van der Waals surface area contributed by atoms with Crippen molar-refractivity contribution in [2.75, 3.05) is 11.1 Å². The summed E-state index contributed by atoms with van der Waals surface area (Å²) in [6.45, 7) is 8.92. The Bertz CT molecular complexity index is 934. The van der Waals surface area contributed by atoms with E-state index in [2.05, 4.69) is 38.7 Å². The van der Waals surface area contributed by atoms with Gasteiger partial charge in [0, 0.05) is 18.0 Å². The predicted molar refractivity (Wildman–Crippen MR) is 109 cm³/mol. The highest BCUT2D eigenvalue weighted by atomic mass is 32.2. The van der Waals surface area contributed by atoms with Crippen LogP contribution in [0, 0.1) is 6.92 Å². The Morgan fingerprint density at radius 1 is 1.22 bits per heavy atom. The van der Waals surface area contributed by atoms with Crippen molar-refractivity contribution in [3.8, 4) is 11.4 Å². The van der Waals surface area contributed by atoms with E-state index < -0.39 is 0 Å². The number of rotatable bonds is 7. The van der Waals surface area contributed by atoms with Crippen molar-refractivity contribution < 1.29 is 4.79 Å². The van der Waals surface area contributed by atoms with Gasteiger partial charge in [-0.2, -0.15) is 0 Å². The first kappa shape index (κ1) is 19.5. The number of carbonyl (C=O) groups is 1. The molecule has 1 aromatic carbocycles. The lowest BCUT2D eigenvalue weighted by Crippen LogP contribution is -2.14. The van der Waals surface area contributed by atoms with E-state index in [1.165, 1.54) is 23.1 Å². The maximum Gasteiger partial charge on any atom is 0.236 e. The molecule has 142 valence electrons. The summed E-state index contributed by atoms with van der Waals surface area (Å²) in [7, 11) is 0. The van der Waals surface area contributed by atoms with Crippen LogP contribution in [0.1, 0.15) is 37.3 Å². The molecular formula is C18H22N6OS2. The van der Waals surface area contributed by atoms with Gasteiger partial charge in [0.15, 0.2) is 11.0 Å². The highest BCUT2D eigenvalue weighted by molar-refractivity contribution is 7.99. The van der Waals surface area contributed by atoms with Gasteiger partial charge in [0.2, 0.25) is 11.0 Å². The standard InChI is InChI=1S/C18H22N6OS2/c1-5-24-15(13-9-7-6-8-12(13)4)20-23-18(24)26-10-14(25)19-17-22-21-16(27-17)11(2)3/h6-9,11H,5,10H2,1-4H3,(H,19,22,25). The fourth-order valence-electron chi connectivity index (χ4n) is 2.51. The molecule has 3 rings (SSSR count). The zero-order chi connectivity index (χ0) is 19.4. The third kappa shape index (κ3) is 4.54. The molecule has 2 aromatic heterocycles. The molecule has 0 saturated heterocycles. The first-order valence-corrected chi connectivity index (χ1v) is 10.5. The van der Waals surface area contributed by atoms with Crippen LogP contribution in [0.2, 0.25) is 0 Å². The molecule has 1 N–H and O–H groups in total. The Labute approximate surface area is 166 Å². The largest absolute Gasteiger partial charge is 0.302 e. The second-order valence-corrected chi connectivity index (χ2v) is 8.25. The number of nitrogens with zero attached hydrogens (tertiary/aromatic N) is 5. The van der Waals surface area contributed by atoms with Gasteiger partial charge < -0.3 is 4.57 Å². The van der Waals surface area contributed by atoms with E-state index in [-0.39, 0.29) is 11.7 Å². The lowest BCUT2D eigenvalue weighted by atomic mass is 10.1. The predicted octanol–water partition coefficient (Wildman–Crippen LogP) is 3.98. The van der Waals surface area contributed by atoms with E-state index in [4.69, 9.17) is 0 Å². The number of anilines is 1. The quantitative estimate of drug-likeness (QED) is 0.602. The van der Waals surface area contributed by atoms with E-state index in [1.54, 1.807) is 0 Å². The second kappa shape index (κ2) is 8.62. The fraction of sp³-hybridized carbons (Fsp3) is 0.389. The van der Waals surface area contributed by atoms with Crippen LogP contribution < -0.4 is 5.32 Å². The third-order valence-electron chi connectivity index (χ3n) is 3.93. The summed E-state index contributed by atoms with van der Waals surface area (Å²) in [5.74, 6) is 1.23. The topological polar surface area (TPSA) is 85.6 Å². The SMILES string of the molecule is CCn1c(SCC(=O)Nc2nnc(C(C)C)s2)nnc1-c1ccccc1C. The van der Waals surface area contributed by atoms with Crippen molar-refractivity contribution in [2.45, 2.75) is 45.3 Å². The minimum Gasteiger partial charge on any atom is -0.302 e. The molecule has 3 aromatic rings. The number of aromatic nitrogens is 5. The summed E-state index contributed by atoms with van der Waals surface area (Å²) < 4.78 is 2.03. The molecule has 0 saturated carbocycles. The minimum atomic E-state index is -0.130. The number of hydrogen-bond donors (Lipinski definition) is 1. The van der Waals surface area contributed by atoms with Crippen molar-refractivity contribution in [1.82, 2.24) is 25.0 Å². The van der Waals surface area contributed by atoms with E-state index >= 15 is 0 Å². The van der Waals surface area contributed by atoms with E-state index in [0.717, 1.165) is 33.7 Å². The molecule has 0 bridgehead atoms. The second-order valence-electron chi connectivity index (χ2n) is 6.30. The molecule has 0 unspecified atom stereocenters. The first-order valence-electron chi connectivity index (χ1n) is 8.74. The molecule has 2 heterocycles. The van der Waals surface area contributed by atoms with Crippen LogP contribution in [0.4, 0.5) is 5.13 Å². The Morgan fingerprint density at radius 2 is 2.00 bits per heavy atom. The van der Waals surface area contributed by atoms with E-state index in [0.29, 0.717) is 11.0 Å². The summed E-state index contributed by atoms with van der Waals surface area (Å²) in [6.07, 6.45) is 0. The number of benzene rings is 1. The van der Waals surface area contributed by atoms with Crippen molar-refractivity contribution in [2.24, 2.45) is 0 Å². The maximum atomic E-state index is 12.2. The zero-order valence-corrected chi connectivity index (χ0v) is 17.4. The number of thioether (sulfide) groups is 1. The van der Waals surface area contributed by atoms with Gasteiger partial charge in [0.1, 0.15) is 5.01 Å². The number of hydrogen-bond acceptors (Lipinski definition) is 7. The average Bonchev–Trinajstić information content (AvgIpc) is 3.27. The van der Waals surface area contributed by atoms with Crippen LogP contribution in [0.25, 0.3) is 11.4 Å². The average molecular weight is 403 g/mol. The van der Waals surface area contributed by atoms with Crippen LogP contribution in [-0.2, 0) is 11.3 Å². The molecule has 7 nitrogen and oxygen atoms in total. The molecule has 0 fully saturated rings. The first-order chi connectivity index (χ1) is 13.0. The van der Waals surface area contributed by atoms with Gasteiger partial charge >= 0.3 is 0 Å². The molecule has 0 aliphatic carbocycles. The number of aryl methyl sites for hydroxylation is 1. The van der Waals surface area contributed by atoms with Crippen molar-refractivity contribution in [3.05, 3.63) is 34.8 Å². The molecular weight excluding hydrogens is 380 g/mol. The lowest BCUT2D eigenvalue weighted by molar-refractivity contribution is -0.113. The van der Waals surface area contributed by atoms with Gasteiger partial charge in [-0.15, -0.1) is 20.4 Å². The highest BCUT2D eigenvalue weighted by Crippen LogP contribution is 2.27. The highest BCUT2D eigenvalue weighted by Gasteiger charge is 2.16. The monoisotopic (exact) mass is 402 g/mol. The van der Waals surface area contributed by atoms with Crippen LogP contribution in [0.15, 0.2) is 29.4 Å². The molecule has 1 amide bonds. The minimum absolute atomic E-state index is 0.130. The van der Waals surface area contributed by atoms with Gasteiger partial charge in [-0.3, -0.25) is 10.1 Å². The molecule has 0 spiro atoms. The summed E-state index contributed by atoms with van der Waals surface area (Å²) in [5.41, 5.74) is 2.20. The van der Waals surface area contributed by atoms with Crippen molar-refractivity contribution in [3.63, 3.8) is 0 Å². The molecule has 0 aliphatic rings. The van der Waals surface area contributed by atoms with Crippen LogP contribution in [0.3, 0.4) is 0 Å². The number of amides is 1. The number of carbonyl (C=O) groups excluding carboxylic acids is 1. The molecule has 0 aliphatic heterocycles. The van der Waals surface area contributed by atoms with E-state index in [9.17, 15) is 4.79 Å². The maximum absolute atomic E-state index is 12.2. The van der Waals surface area contributed by atoms with Crippen LogP contribution in [0.5, 0.6) is 0 Å². The summed E-state index contributed by atoms with van der Waals surface area (Å²) in [6, 6.07) is 8.08. The van der Waals surface area contributed by atoms with Gasteiger partial charge in [0.05, 0.1) is 5.75 Å². The Kier molecular flexibility index (Phi) is 6.22. The fourth-order valence-corrected chi connectivity index (χ4v) is 4.07. The van der Waals surface area contributed by atoms with Crippen LogP contribution >= 0.6 is 23.1 Å². The molecule has 9 heteroatoms. The third-order valence-corrected chi connectivity index (χ3v) is 6.04. The van der Waals surface area contributed by atoms with Crippen molar-refractivity contribution in [1.29, 1.82) is 0 Å². The molecule has 27 heavy (non-hydrogen) atoms. The summed E-state index contributed by atoms with van der Waals surface area (Å²) in [4.78, 5) is 12.2. The van der Waals surface area contributed by atoms with Gasteiger partial charge in [-0.25, -0.2) is 0 Å². The van der Waals surface area contributed by atoms with Crippen LogP contribution in [-0.4, -0.2) is 36.6 Å². The van der Waals surface area contributed by atoms with Gasteiger partial charge in [0.25, 0.3) is 0 Å². The molecule has 0 atom stereocenters. The summed E-state index contributed by atoms with van der Waals surface area (Å²) in [5, 5.41) is 21.7.